The molecule has 1 amide bonds. The zero-order chi connectivity index (χ0) is 17.6. The van der Waals surface area contributed by atoms with Gasteiger partial charge in [-0.05, 0) is 45.4 Å². The van der Waals surface area contributed by atoms with Gasteiger partial charge in [0.2, 0.25) is 0 Å². The predicted octanol–water partition coefficient (Wildman–Crippen LogP) is 3.25. The molecule has 0 fully saturated rings. The number of carbonyl (C=O) groups is 2. The van der Waals surface area contributed by atoms with E-state index in [1.807, 2.05) is 0 Å². The van der Waals surface area contributed by atoms with Crippen molar-refractivity contribution in [2.75, 3.05) is 13.7 Å². The van der Waals surface area contributed by atoms with Gasteiger partial charge in [0.05, 0.1) is 19.1 Å². The molecule has 0 saturated carbocycles. The first-order valence-corrected chi connectivity index (χ1v) is 7.54. The third-order valence-corrected chi connectivity index (χ3v) is 3.09. The van der Waals surface area contributed by atoms with Crippen molar-refractivity contribution in [3.8, 4) is 5.75 Å². The summed E-state index contributed by atoms with van der Waals surface area (Å²) in [6.45, 7) is 7.33. The maximum atomic E-state index is 12.3. The first-order chi connectivity index (χ1) is 10.6. The first-order valence-electron chi connectivity index (χ1n) is 7.54. The number of nitrogens with zero attached hydrogens (tertiary/aromatic N) is 1. The minimum absolute atomic E-state index is 0.00829. The van der Waals surface area contributed by atoms with Gasteiger partial charge in [-0.25, -0.2) is 4.79 Å². The smallest absolute Gasteiger partial charge is 0.410 e. The van der Waals surface area contributed by atoms with Crippen LogP contribution in [0.25, 0.3) is 0 Å². The van der Waals surface area contributed by atoms with Gasteiger partial charge in [0, 0.05) is 7.05 Å². The molecule has 1 unspecified atom stereocenters. The van der Waals surface area contributed by atoms with Gasteiger partial charge in [-0.15, -0.1) is 0 Å². The minimum Gasteiger partial charge on any atom is -0.508 e. The van der Waals surface area contributed by atoms with Crippen molar-refractivity contribution in [2.24, 2.45) is 0 Å². The number of aromatic hydroxyl groups is 1. The van der Waals surface area contributed by atoms with Crippen LogP contribution in [-0.2, 0) is 14.3 Å². The van der Waals surface area contributed by atoms with Gasteiger partial charge in [-0.3, -0.25) is 4.79 Å². The van der Waals surface area contributed by atoms with Crippen molar-refractivity contribution in [3.63, 3.8) is 0 Å². The quantitative estimate of drug-likeness (QED) is 0.842. The third-order valence-electron chi connectivity index (χ3n) is 3.09. The third kappa shape index (κ3) is 6.18. The molecule has 0 aliphatic heterocycles. The number of rotatable bonds is 5. The molecule has 128 valence electrons. The molecule has 6 nitrogen and oxygen atoms in total. The number of esters is 1. The Morgan fingerprint density at radius 2 is 1.78 bits per heavy atom. The average molecular weight is 323 g/mol. The predicted molar refractivity (Wildman–Crippen MR) is 86.1 cm³/mol. The number of phenolic OH excluding ortho intramolecular Hbond substituents is 1. The summed E-state index contributed by atoms with van der Waals surface area (Å²) in [5.41, 5.74) is 0.0821. The normalized spacial score (nSPS) is 12.4. The Morgan fingerprint density at radius 3 is 2.26 bits per heavy atom. The summed E-state index contributed by atoms with van der Waals surface area (Å²) in [7, 11) is 1.57. The summed E-state index contributed by atoms with van der Waals surface area (Å²) >= 11 is 0. The molecule has 0 heterocycles. The summed E-state index contributed by atoms with van der Waals surface area (Å²) in [5.74, 6) is -0.287. The van der Waals surface area contributed by atoms with Crippen molar-refractivity contribution in [2.45, 2.75) is 45.8 Å². The van der Waals surface area contributed by atoms with Crippen molar-refractivity contribution in [1.29, 1.82) is 0 Å². The molecule has 23 heavy (non-hydrogen) atoms. The van der Waals surface area contributed by atoms with Gasteiger partial charge >= 0.3 is 12.1 Å². The molecular formula is C17H25NO5. The van der Waals surface area contributed by atoms with E-state index in [4.69, 9.17) is 9.47 Å². The van der Waals surface area contributed by atoms with E-state index in [1.165, 1.54) is 17.0 Å². The van der Waals surface area contributed by atoms with Gasteiger partial charge < -0.3 is 19.5 Å². The standard InChI is InChI=1S/C17H25NO5/c1-6-22-15(20)11-14(12-7-9-13(19)10-8-12)18(5)16(21)23-17(2,3)4/h7-10,14,19H,6,11H2,1-5H3. The van der Waals surface area contributed by atoms with E-state index in [-0.39, 0.29) is 18.8 Å². The lowest BCUT2D eigenvalue weighted by Crippen LogP contribution is -2.37. The largest absolute Gasteiger partial charge is 0.508 e. The minimum atomic E-state index is -0.630. The van der Waals surface area contributed by atoms with Gasteiger partial charge in [0.25, 0.3) is 0 Å². The Balaban J connectivity index is 3.00. The zero-order valence-corrected chi connectivity index (χ0v) is 14.3. The van der Waals surface area contributed by atoms with E-state index >= 15 is 0 Å². The number of benzene rings is 1. The highest BCUT2D eigenvalue weighted by molar-refractivity contribution is 5.73. The van der Waals surface area contributed by atoms with E-state index in [1.54, 1.807) is 46.9 Å². The van der Waals surface area contributed by atoms with Crippen LogP contribution < -0.4 is 0 Å². The molecule has 1 atom stereocenters. The number of phenols is 1. The zero-order valence-electron chi connectivity index (χ0n) is 14.3. The van der Waals surface area contributed by atoms with E-state index in [9.17, 15) is 14.7 Å². The topological polar surface area (TPSA) is 76.1 Å². The molecule has 0 aliphatic carbocycles. The fourth-order valence-electron chi connectivity index (χ4n) is 2.01. The Hall–Kier alpha value is -2.24. The number of carbonyl (C=O) groups excluding carboxylic acids is 2. The Labute approximate surface area is 137 Å². The lowest BCUT2D eigenvalue weighted by molar-refractivity contribution is -0.144. The second kappa shape index (κ2) is 7.85. The van der Waals surface area contributed by atoms with Crippen molar-refractivity contribution in [3.05, 3.63) is 29.8 Å². The van der Waals surface area contributed by atoms with E-state index in [0.29, 0.717) is 5.56 Å². The SMILES string of the molecule is CCOC(=O)CC(c1ccc(O)cc1)N(C)C(=O)OC(C)(C)C. The molecule has 0 aromatic heterocycles. The van der Waals surface area contributed by atoms with Crippen LogP contribution in [0.3, 0.4) is 0 Å². The maximum Gasteiger partial charge on any atom is 0.410 e. The van der Waals surface area contributed by atoms with Crippen LogP contribution in [0.5, 0.6) is 5.75 Å². The van der Waals surface area contributed by atoms with Gasteiger partial charge in [-0.1, -0.05) is 12.1 Å². The lowest BCUT2D eigenvalue weighted by atomic mass is 10.0. The fraction of sp³-hybridized carbons (Fsp3) is 0.529. The molecule has 6 heteroatoms. The van der Waals surface area contributed by atoms with Crippen LogP contribution in [0.1, 0.15) is 45.7 Å². The molecule has 1 aromatic rings. The second-order valence-electron chi connectivity index (χ2n) is 6.21. The van der Waals surface area contributed by atoms with Crippen molar-refractivity contribution in [1.82, 2.24) is 4.90 Å². The second-order valence-corrected chi connectivity index (χ2v) is 6.21. The summed E-state index contributed by atoms with van der Waals surface area (Å²) in [5, 5.41) is 9.41. The summed E-state index contributed by atoms with van der Waals surface area (Å²) < 4.78 is 10.3. The van der Waals surface area contributed by atoms with Gasteiger partial charge in [-0.2, -0.15) is 0 Å². The summed E-state index contributed by atoms with van der Waals surface area (Å²) in [6, 6.07) is 5.82. The first kappa shape index (κ1) is 18.8. The van der Waals surface area contributed by atoms with Crippen LogP contribution in [0, 0.1) is 0 Å². The highest BCUT2D eigenvalue weighted by Crippen LogP contribution is 2.27. The summed E-state index contributed by atoms with van der Waals surface area (Å²) in [4.78, 5) is 25.5. The number of ether oxygens (including phenoxy) is 2. The molecule has 1 N–H and O–H groups in total. The summed E-state index contributed by atoms with van der Waals surface area (Å²) in [6.07, 6.45) is -0.520. The lowest BCUT2D eigenvalue weighted by Gasteiger charge is -2.30. The highest BCUT2D eigenvalue weighted by atomic mass is 16.6. The van der Waals surface area contributed by atoms with Gasteiger partial charge in [0.1, 0.15) is 11.4 Å². The maximum absolute atomic E-state index is 12.3. The molecule has 1 rings (SSSR count). The molecule has 0 radical (unpaired) electrons. The number of amides is 1. The fourth-order valence-corrected chi connectivity index (χ4v) is 2.01. The van der Waals surface area contributed by atoms with Crippen LogP contribution >= 0.6 is 0 Å². The molecule has 0 saturated heterocycles. The Morgan fingerprint density at radius 1 is 1.22 bits per heavy atom. The molecule has 0 bridgehead atoms. The highest BCUT2D eigenvalue weighted by Gasteiger charge is 2.28. The van der Waals surface area contributed by atoms with Crippen LogP contribution in [0.4, 0.5) is 4.79 Å². The van der Waals surface area contributed by atoms with Crippen molar-refractivity contribution < 1.29 is 24.2 Å². The van der Waals surface area contributed by atoms with Crippen LogP contribution in [-0.4, -0.2) is 41.3 Å². The monoisotopic (exact) mass is 323 g/mol. The molecule has 0 spiro atoms. The molecule has 0 aliphatic rings. The number of hydrogen-bond donors (Lipinski definition) is 1. The van der Waals surface area contributed by atoms with E-state index in [2.05, 4.69) is 0 Å². The number of hydrogen-bond acceptors (Lipinski definition) is 5. The van der Waals surface area contributed by atoms with Gasteiger partial charge in [0.15, 0.2) is 0 Å². The van der Waals surface area contributed by atoms with E-state index in [0.717, 1.165) is 0 Å². The molecular weight excluding hydrogens is 298 g/mol. The molecule has 1 aromatic carbocycles. The Bertz CT molecular complexity index is 533. The van der Waals surface area contributed by atoms with Crippen molar-refractivity contribution >= 4 is 12.1 Å². The van der Waals surface area contributed by atoms with Crippen LogP contribution in [0.2, 0.25) is 0 Å². The Kier molecular flexibility index (Phi) is 6.42. The van der Waals surface area contributed by atoms with Crippen LogP contribution in [0.15, 0.2) is 24.3 Å². The van der Waals surface area contributed by atoms with E-state index < -0.39 is 23.7 Å². The average Bonchev–Trinajstić information content (AvgIpc) is 2.43.